The molecule has 4 heteroatoms. The molecule has 1 saturated heterocycles. The highest BCUT2D eigenvalue weighted by Crippen LogP contribution is 2.31. The van der Waals surface area contributed by atoms with E-state index in [1.165, 1.54) is 18.2 Å². The molecule has 0 spiro atoms. The SMILES string of the molecule is CNC(c1c(F)cccc1F)C1CCOC1. The molecule has 0 aromatic heterocycles. The Balaban J connectivity index is 2.32. The molecular weight excluding hydrogens is 212 g/mol. The second-order valence-electron chi connectivity index (χ2n) is 4.03. The Labute approximate surface area is 93.6 Å². The standard InChI is InChI=1S/C12H15F2NO/c1-15-12(8-5-6-16-7-8)11-9(13)3-2-4-10(11)14/h2-4,8,12,15H,5-7H2,1H3. The fourth-order valence-electron chi connectivity index (χ4n) is 2.24. The molecule has 1 heterocycles. The Morgan fingerprint density at radius 3 is 2.56 bits per heavy atom. The van der Waals surface area contributed by atoms with E-state index in [9.17, 15) is 8.78 Å². The number of benzene rings is 1. The lowest BCUT2D eigenvalue weighted by Crippen LogP contribution is -2.27. The van der Waals surface area contributed by atoms with E-state index >= 15 is 0 Å². The Bertz CT molecular complexity index is 344. The van der Waals surface area contributed by atoms with Gasteiger partial charge < -0.3 is 10.1 Å². The molecule has 1 aliphatic heterocycles. The van der Waals surface area contributed by atoms with Gasteiger partial charge >= 0.3 is 0 Å². The summed E-state index contributed by atoms with van der Waals surface area (Å²) in [6.45, 7) is 1.22. The van der Waals surface area contributed by atoms with Crippen molar-refractivity contribution in [2.45, 2.75) is 12.5 Å². The van der Waals surface area contributed by atoms with Crippen LogP contribution in [-0.2, 0) is 4.74 Å². The molecule has 0 bridgehead atoms. The number of hydrogen-bond donors (Lipinski definition) is 1. The first-order valence-corrected chi connectivity index (χ1v) is 5.43. The zero-order valence-corrected chi connectivity index (χ0v) is 9.17. The third-order valence-electron chi connectivity index (χ3n) is 3.06. The molecule has 16 heavy (non-hydrogen) atoms. The van der Waals surface area contributed by atoms with Crippen molar-refractivity contribution in [2.24, 2.45) is 5.92 Å². The molecule has 0 radical (unpaired) electrons. The molecule has 1 N–H and O–H groups in total. The van der Waals surface area contributed by atoms with E-state index in [4.69, 9.17) is 4.74 Å². The molecule has 0 amide bonds. The summed E-state index contributed by atoms with van der Waals surface area (Å²) in [6, 6.07) is 3.65. The summed E-state index contributed by atoms with van der Waals surface area (Å²) in [6.07, 6.45) is 0.833. The maximum absolute atomic E-state index is 13.6. The highest BCUT2D eigenvalue weighted by atomic mass is 19.1. The van der Waals surface area contributed by atoms with Crippen molar-refractivity contribution in [1.29, 1.82) is 0 Å². The molecule has 88 valence electrons. The van der Waals surface area contributed by atoms with E-state index in [0.29, 0.717) is 13.2 Å². The first-order valence-electron chi connectivity index (χ1n) is 5.43. The van der Waals surface area contributed by atoms with Gasteiger partial charge in [-0.15, -0.1) is 0 Å². The largest absolute Gasteiger partial charge is 0.381 e. The van der Waals surface area contributed by atoms with Crippen LogP contribution in [0.3, 0.4) is 0 Å². The minimum absolute atomic E-state index is 0.125. The van der Waals surface area contributed by atoms with Crippen molar-refractivity contribution in [3.05, 3.63) is 35.4 Å². The maximum Gasteiger partial charge on any atom is 0.130 e. The Morgan fingerprint density at radius 2 is 2.06 bits per heavy atom. The molecule has 1 fully saturated rings. The van der Waals surface area contributed by atoms with Crippen molar-refractivity contribution in [3.63, 3.8) is 0 Å². The molecule has 1 aromatic carbocycles. The fourth-order valence-corrected chi connectivity index (χ4v) is 2.24. The van der Waals surface area contributed by atoms with Crippen molar-refractivity contribution in [3.8, 4) is 0 Å². The van der Waals surface area contributed by atoms with Gasteiger partial charge in [0.25, 0.3) is 0 Å². The number of ether oxygens (including phenoxy) is 1. The lowest BCUT2D eigenvalue weighted by Gasteiger charge is -2.23. The summed E-state index contributed by atoms with van der Waals surface area (Å²) in [5.74, 6) is -0.853. The Kier molecular flexibility index (Phi) is 3.51. The molecule has 2 atom stereocenters. The quantitative estimate of drug-likeness (QED) is 0.855. The molecule has 0 aliphatic carbocycles. The van der Waals surface area contributed by atoms with E-state index in [1.54, 1.807) is 7.05 Å². The van der Waals surface area contributed by atoms with Crippen LogP contribution in [0.2, 0.25) is 0 Å². The zero-order valence-electron chi connectivity index (χ0n) is 9.17. The maximum atomic E-state index is 13.6. The van der Waals surface area contributed by atoms with Crippen LogP contribution in [0.15, 0.2) is 18.2 Å². The molecule has 1 aliphatic rings. The summed E-state index contributed by atoms with van der Waals surface area (Å²) in [5.41, 5.74) is 0.125. The van der Waals surface area contributed by atoms with E-state index in [0.717, 1.165) is 6.42 Å². The van der Waals surface area contributed by atoms with Gasteiger partial charge in [-0.3, -0.25) is 0 Å². The van der Waals surface area contributed by atoms with Crippen LogP contribution in [0, 0.1) is 17.6 Å². The minimum atomic E-state index is -0.494. The normalized spacial score (nSPS) is 22.3. The van der Waals surface area contributed by atoms with Crippen molar-refractivity contribution in [1.82, 2.24) is 5.32 Å². The van der Waals surface area contributed by atoms with Gasteiger partial charge in [-0.25, -0.2) is 8.78 Å². The first kappa shape index (κ1) is 11.5. The van der Waals surface area contributed by atoms with Crippen LogP contribution in [0.1, 0.15) is 18.0 Å². The molecule has 2 nitrogen and oxygen atoms in total. The Hall–Kier alpha value is -1.00. The molecule has 0 saturated carbocycles. The third kappa shape index (κ3) is 2.08. The number of hydrogen-bond acceptors (Lipinski definition) is 2. The second-order valence-corrected chi connectivity index (χ2v) is 4.03. The van der Waals surface area contributed by atoms with Gasteiger partial charge in [0.2, 0.25) is 0 Å². The summed E-state index contributed by atoms with van der Waals surface area (Å²) < 4.78 is 32.5. The minimum Gasteiger partial charge on any atom is -0.381 e. The Morgan fingerprint density at radius 1 is 1.38 bits per heavy atom. The number of nitrogens with one attached hydrogen (secondary N) is 1. The summed E-state index contributed by atoms with van der Waals surface area (Å²) in [4.78, 5) is 0. The van der Waals surface area contributed by atoms with E-state index in [-0.39, 0.29) is 17.5 Å². The lowest BCUT2D eigenvalue weighted by atomic mass is 9.92. The monoisotopic (exact) mass is 227 g/mol. The molecule has 2 unspecified atom stereocenters. The van der Waals surface area contributed by atoms with Gasteiger partial charge in [-0.1, -0.05) is 6.07 Å². The van der Waals surface area contributed by atoms with Gasteiger partial charge in [-0.05, 0) is 25.6 Å². The summed E-state index contributed by atoms with van der Waals surface area (Å²) in [5, 5.41) is 2.98. The predicted octanol–water partition coefficient (Wildman–Crippen LogP) is 2.26. The molecule has 2 rings (SSSR count). The van der Waals surface area contributed by atoms with Crippen molar-refractivity contribution in [2.75, 3.05) is 20.3 Å². The first-order chi connectivity index (χ1) is 7.74. The molecule has 1 aromatic rings. The lowest BCUT2D eigenvalue weighted by molar-refractivity contribution is 0.176. The molecular formula is C12H15F2NO. The fraction of sp³-hybridized carbons (Fsp3) is 0.500. The van der Waals surface area contributed by atoms with Crippen molar-refractivity contribution >= 4 is 0 Å². The topological polar surface area (TPSA) is 21.3 Å². The van der Waals surface area contributed by atoms with E-state index < -0.39 is 11.6 Å². The zero-order chi connectivity index (χ0) is 11.5. The van der Waals surface area contributed by atoms with E-state index in [1.807, 2.05) is 0 Å². The highest BCUT2D eigenvalue weighted by molar-refractivity contribution is 5.24. The summed E-state index contributed by atoms with van der Waals surface area (Å²) in [7, 11) is 1.72. The van der Waals surface area contributed by atoms with Gasteiger partial charge in [0.15, 0.2) is 0 Å². The number of halogens is 2. The van der Waals surface area contributed by atoms with Crippen LogP contribution in [0.4, 0.5) is 8.78 Å². The van der Waals surface area contributed by atoms with Crippen LogP contribution >= 0.6 is 0 Å². The average Bonchev–Trinajstić information content (AvgIpc) is 2.77. The van der Waals surface area contributed by atoms with Gasteiger partial charge in [0.05, 0.1) is 6.61 Å². The van der Waals surface area contributed by atoms with Gasteiger partial charge in [0, 0.05) is 24.1 Å². The highest BCUT2D eigenvalue weighted by Gasteiger charge is 2.29. The van der Waals surface area contributed by atoms with Crippen molar-refractivity contribution < 1.29 is 13.5 Å². The van der Waals surface area contributed by atoms with Gasteiger partial charge in [0.1, 0.15) is 11.6 Å². The van der Waals surface area contributed by atoms with Gasteiger partial charge in [-0.2, -0.15) is 0 Å². The van der Waals surface area contributed by atoms with E-state index in [2.05, 4.69) is 5.32 Å². The van der Waals surface area contributed by atoms with Crippen LogP contribution in [0.25, 0.3) is 0 Å². The number of rotatable bonds is 3. The van der Waals surface area contributed by atoms with Crippen LogP contribution in [0.5, 0.6) is 0 Å². The van der Waals surface area contributed by atoms with Crippen LogP contribution < -0.4 is 5.32 Å². The smallest absolute Gasteiger partial charge is 0.130 e. The summed E-state index contributed by atoms with van der Waals surface area (Å²) >= 11 is 0. The predicted molar refractivity (Wildman–Crippen MR) is 57.1 cm³/mol. The second kappa shape index (κ2) is 4.89. The third-order valence-corrected chi connectivity index (χ3v) is 3.06. The average molecular weight is 227 g/mol. The van der Waals surface area contributed by atoms with Crippen LogP contribution in [-0.4, -0.2) is 20.3 Å².